The van der Waals surface area contributed by atoms with Crippen LogP contribution >= 0.6 is 0 Å². The van der Waals surface area contributed by atoms with Crippen molar-refractivity contribution < 1.29 is 9.59 Å². The molecule has 0 radical (unpaired) electrons. The standard InChI is InChI=1S/C21H26N4O2/c1-14(2)19-16-6-5-8-23(16)10-11-24(19)20(27)21(4)13-18(26)22-17-12-15(3)7-9-25(17)21/h5-9,12,14,19H,10-11,13H2,1-4H3. The first kappa shape index (κ1) is 17.8. The molecule has 142 valence electrons. The molecule has 1 aromatic heterocycles. The summed E-state index contributed by atoms with van der Waals surface area (Å²) in [5.41, 5.74) is 1.23. The van der Waals surface area contributed by atoms with Crippen molar-refractivity contribution in [2.75, 3.05) is 6.54 Å². The van der Waals surface area contributed by atoms with Crippen molar-refractivity contribution in [2.45, 2.75) is 52.2 Å². The number of carbonyl (C=O) groups excluding carboxylic acids is 2. The van der Waals surface area contributed by atoms with Gasteiger partial charge in [-0.2, -0.15) is 4.99 Å². The van der Waals surface area contributed by atoms with E-state index in [1.165, 1.54) is 0 Å². The third kappa shape index (κ3) is 2.74. The number of rotatable bonds is 2. The molecule has 27 heavy (non-hydrogen) atoms. The first-order chi connectivity index (χ1) is 12.8. The minimum Gasteiger partial charge on any atom is -0.348 e. The summed E-state index contributed by atoms with van der Waals surface area (Å²) in [5, 5.41) is 0. The Morgan fingerprint density at radius 2 is 2.11 bits per heavy atom. The van der Waals surface area contributed by atoms with Crippen molar-refractivity contribution in [1.82, 2.24) is 14.4 Å². The lowest BCUT2D eigenvalue weighted by Crippen LogP contribution is -2.62. The normalized spacial score (nSPS) is 27.3. The zero-order valence-corrected chi connectivity index (χ0v) is 16.3. The van der Waals surface area contributed by atoms with Gasteiger partial charge in [0, 0.05) is 31.2 Å². The molecule has 6 heteroatoms. The third-order valence-electron chi connectivity index (χ3n) is 5.79. The maximum absolute atomic E-state index is 13.8. The Hall–Kier alpha value is -2.63. The topological polar surface area (TPSA) is 57.9 Å². The Kier molecular flexibility index (Phi) is 4.09. The molecule has 0 N–H and O–H groups in total. The molecular weight excluding hydrogens is 340 g/mol. The molecule has 4 rings (SSSR count). The van der Waals surface area contributed by atoms with E-state index >= 15 is 0 Å². The van der Waals surface area contributed by atoms with Gasteiger partial charge in [-0.15, -0.1) is 0 Å². The predicted octanol–water partition coefficient (Wildman–Crippen LogP) is 2.89. The first-order valence-corrected chi connectivity index (χ1v) is 9.55. The number of amides is 2. The van der Waals surface area contributed by atoms with Gasteiger partial charge in [0.15, 0.2) is 0 Å². The van der Waals surface area contributed by atoms with E-state index in [1.807, 2.05) is 48.1 Å². The van der Waals surface area contributed by atoms with Crippen LogP contribution < -0.4 is 0 Å². The number of aliphatic imine (C=N–C) groups is 1. The van der Waals surface area contributed by atoms with Crippen LogP contribution in [0.2, 0.25) is 0 Å². The monoisotopic (exact) mass is 366 g/mol. The molecule has 2 amide bonds. The molecule has 2 unspecified atom stereocenters. The van der Waals surface area contributed by atoms with Crippen LogP contribution in [0.3, 0.4) is 0 Å². The summed E-state index contributed by atoms with van der Waals surface area (Å²) in [5.74, 6) is 0.589. The fraction of sp³-hybridized carbons (Fsp3) is 0.476. The van der Waals surface area contributed by atoms with Gasteiger partial charge in [0.25, 0.3) is 5.91 Å². The third-order valence-corrected chi connectivity index (χ3v) is 5.79. The zero-order chi connectivity index (χ0) is 19.3. The maximum Gasteiger partial charge on any atom is 0.250 e. The number of fused-ring (bicyclic) bond motifs is 2. The highest BCUT2D eigenvalue weighted by Crippen LogP contribution is 2.37. The van der Waals surface area contributed by atoms with Gasteiger partial charge in [0.05, 0.1) is 12.5 Å². The van der Waals surface area contributed by atoms with E-state index < -0.39 is 5.54 Å². The average Bonchev–Trinajstić information content (AvgIpc) is 3.07. The second-order valence-electron chi connectivity index (χ2n) is 8.20. The Morgan fingerprint density at radius 1 is 1.33 bits per heavy atom. The highest BCUT2D eigenvalue weighted by Gasteiger charge is 2.49. The van der Waals surface area contributed by atoms with Crippen LogP contribution in [0.25, 0.3) is 0 Å². The zero-order valence-electron chi connectivity index (χ0n) is 16.3. The molecule has 6 nitrogen and oxygen atoms in total. The summed E-state index contributed by atoms with van der Waals surface area (Å²) in [6.07, 6.45) is 7.88. The highest BCUT2D eigenvalue weighted by atomic mass is 16.2. The number of allylic oxidation sites excluding steroid dienone is 2. The Bertz CT molecular complexity index is 892. The molecular formula is C21H26N4O2. The molecule has 3 aliphatic heterocycles. The maximum atomic E-state index is 13.8. The van der Waals surface area contributed by atoms with Gasteiger partial charge in [-0.05, 0) is 49.6 Å². The van der Waals surface area contributed by atoms with Gasteiger partial charge < -0.3 is 14.4 Å². The van der Waals surface area contributed by atoms with Crippen LogP contribution in [0, 0.1) is 5.92 Å². The lowest BCUT2D eigenvalue weighted by Gasteiger charge is -2.48. The van der Waals surface area contributed by atoms with E-state index in [1.54, 1.807) is 0 Å². The first-order valence-electron chi connectivity index (χ1n) is 9.55. The molecule has 0 bridgehead atoms. The Morgan fingerprint density at radius 3 is 2.85 bits per heavy atom. The number of aromatic nitrogens is 1. The van der Waals surface area contributed by atoms with Crippen molar-refractivity contribution in [2.24, 2.45) is 10.9 Å². The number of hydrogen-bond donors (Lipinski definition) is 0. The van der Waals surface area contributed by atoms with E-state index in [0.29, 0.717) is 12.4 Å². The number of nitrogens with zero attached hydrogens (tertiary/aromatic N) is 4. The lowest BCUT2D eigenvalue weighted by atomic mass is 9.87. The van der Waals surface area contributed by atoms with E-state index in [2.05, 4.69) is 35.7 Å². The second-order valence-corrected chi connectivity index (χ2v) is 8.20. The molecule has 0 fully saturated rings. The van der Waals surface area contributed by atoms with E-state index in [9.17, 15) is 9.59 Å². The molecule has 0 saturated carbocycles. The summed E-state index contributed by atoms with van der Waals surface area (Å²) < 4.78 is 2.22. The van der Waals surface area contributed by atoms with Gasteiger partial charge in [-0.1, -0.05) is 13.8 Å². The summed E-state index contributed by atoms with van der Waals surface area (Å²) >= 11 is 0. The predicted molar refractivity (Wildman–Crippen MR) is 104 cm³/mol. The molecule has 2 atom stereocenters. The minimum atomic E-state index is -0.955. The average molecular weight is 366 g/mol. The van der Waals surface area contributed by atoms with Crippen LogP contribution in [-0.2, 0) is 16.1 Å². The smallest absolute Gasteiger partial charge is 0.250 e. The molecule has 0 aromatic carbocycles. The number of hydrogen-bond acceptors (Lipinski definition) is 3. The van der Waals surface area contributed by atoms with Crippen molar-refractivity contribution in [3.05, 3.63) is 47.9 Å². The van der Waals surface area contributed by atoms with Gasteiger partial charge in [0.2, 0.25) is 5.91 Å². The molecule has 0 spiro atoms. The minimum absolute atomic E-state index is 0.00143. The van der Waals surface area contributed by atoms with Crippen LogP contribution in [0.15, 0.2) is 47.2 Å². The highest BCUT2D eigenvalue weighted by molar-refractivity contribution is 6.10. The Balaban J connectivity index is 1.73. The molecule has 3 aliphatic rings. The lowest BCUT2D eigenvalue weighted by molar-refractivity contribution is -0.148. The summed E-state index contributed by atoms with van der Waals surface area (Å²) in [6, 6.07) is 4.13. The van der Waals surface area contributed by atoms with E-state index in [0.717, 1.165) is 17.8 Å². The fourth-order valence-corrected chi connectivity index (χ4v) is 4.47. The van der Waals surface area contributed by atoms with Crippen LogP contribution in [0.5, 0.6) is 0 Å². The van der Waals surface area contributed by atoms with Crippen LogP contribution in [-0.4, -0.2) is 44.1 Å². The SMILES string of the molecule is CC1=CC2=NC(=O)CC(C)(C(=O)N3CCn4cccc4C3C(C)C)N2C=C1. The summed E-state index contributed by atoms with van der Waals surface area (Å²) in [7, 11) is 0. The fourth-order valence-electron chi connectivity index (χ4n) is 4.47. The van der Waals surface area contributed by atoms with Crippen molar-refractivity contribution >= 4 is 17.6 Å². The summed E-state index contributed by atoms with van der Waals surface area (Å²) in [4.78, 5) is 34.2. The number of amidine groups is 1. The van der Waals surface area contributed by atoms with Gasteiger partial charge >= 0.3 is 0 Å². The van der Waals surface area contributed by atoms with E-state index in [-0.39, 0.29) is 30.2 Å². The largest absolute Gasteiger partial charge is 0.348 e. The Labute approximate surface area is 159 Å². The molecule has 0 aliphatic carbocycles. The van der Waals surface area contributed by atoms with E-state index in [4.69, 9.17) is 0 Å². The second kappa shape index (κ2) is 6.22. The molecule has 4 heterocycles. The van der Waals surface area contributed by atoms with Gasteiger partial charge in [-0.25, -0.2) is 0 Å². The number of carbonyl (C=O) groups is 2. The van der Waals surface area contributed by atoms with Crippen LogP contribution in [0.4, 0.5) is 0 Å². The van der Waals surface area contributed by atoms with Gasteiger partial charge in [0.1, 0.15) is 11.4 Å². The quantitative estimate of drug-likeness (QED) is 0.809. The van der Waals surface area contributed by atoms with Crippen molar-refractivity contribution in [1.29, 1.82) is 0 Å². The van der Waals surface area contributed by atoms with Gasteiger partial charge in [-0.3, -0.25) is 9.59 Å². The van der Waals surface area contributed by atoms with Crippen LogP contribution in [0.1, 0.15) is 45.9 Å². The summed E-state index contributed by atoms with van der Waals surface area (Å²) in [6.45, 7) is 9.53. The van der Waals surface area contributed by atoms with Crippen molar-refractivity contribution in [3.63, 3.8) is 0 Å². The van der Waals surface area contributed by atoms with Crippen molar-refractivity contribution in [3.8, 4) is 0 Å². The molecule has 0 saturated heterocycles. The molecule has 1 aromatic rings.